The van der Waals surface area contributed by atoms with Gasteiger partial charge in [0, 0.05) is 0 Å². The predicted octanol–water partition coefficient (Wildman–Crippen LogP) is 2.84. The fourth-order valence-corrected chi connectivity index (χ4v) is 2.58. The van der Waals surface area contributed by atoms with Crippen molar-refractivity contribution in [2.45, 2.75) is 25.7 Å². The number of hydrogen-bond acceptors (Lipinski definition) is 4. The van der Waals surface area contributed by atoms with Crippen LogP contribution in [0.1, 0.15) is 24.0 Å². The zero-order chi connectivity index (χ0) is 17.0. The minimum Gasteiger partial charge on any atom is -0.504 e. The van der Waals surface area contributed by atoms with E-state index in [1.807, 2.05) is 12.1 Å². The van der Waals surface area contributed by atoms with Crippen molar-refractivity contribution in [1.82, 2.24) is 10.6 Å². The highest BCUT2D eigenvalue weighted by molar-refractivity contribution is 5.40. The summed E-state index contributed by atoms with van der Waals surface area (Å²) in [5.41, 5.74) is 2.41. The van der Waals surface area contributed by atoms with Crippen molar-refractivity contribution in [2.24, 2.45) is 0 Å². The standard InChI is InChI=1S/C20H28N2O2/c23-19-9-8-18(16-20(19)24)11-15-22-13-5-4-12-21-14-10-17-6-2-1-3-7-17/h1-3,6-9,16,21-24H,4-5,10-15H2. The molecule has 4 nitrogen and oxygen atoms in total. The van der Waals surface area contributed by atoms with E-state index in [0.29, 0.717) is 0 Å². The Balaban J connectivity index is 1.42. The molecule has 4 N–H and O–H groups in total. The van der Waals surface area contributed by atoms with Gasteiger partial charge in [0.25, 0.3) is 0 Å². The number of phenols is 2. The van der Waals surface area contributed by atoms with Crippen LogP contribution in [0, 0.1) is 0 Å². The molecule has 0 aliphatic heterocycles. The molecule has 0 spiro atoms. The second-order valence-electron chi connectivity index (χ2n) is 6.02. The molecule has 0 fully saturated rings. The zero-order valence-electron chi connectivity index (χ0n) is 14.2. The molecule has 0 aromatic heterocycles. The Bertz CT molecular complexity index is 587. The number of hydrogen-bond donors (Lipinski definition) is 4. The third kappa shape index (κ3) is 7.02. The monoisotopic (exact) mass is 328 g/mol. The lowest BCUT2D eigenvalue weighted by Crippen LogP contribution is -2.22. The van der Waals surface area contributed by atoms with E-state index >= 15 is 0 Å². The molecule has 0 radical (unpaired) electrons. The third-order valence-corrected chi connectivity index (χ3v) is 4.02. The van der Waals surface area contributed by atoms with Crippen LogP contribution in [0.25, 0.3) is 0 Å². The maximum atomic E-state index is 9.44. The van der Waals surface area contributed by atoms with Crippen LogP contribution >= 0.6 is 0 Å². The summed E-state index contributed by atoms with van der Waals surface area (Å²) >= 11 is 0. The van der Waals surface area contributed by atoms with Crippen molar-refractivity contribution in [3.63, 3.8) is 0 Å². The average molecular weight is 328 g/mol. The van der Waals surface area contributed by atoms with Gasteiger partial charge in [0.2, 0.25) is 0 Å². The molecular formula is C20H28N2O2. The summed E-state index contributed by atoms with van der Waals surface area (Å²) in [5, 5.41) is 25.6. The Labute approximate surface area is 144 Å². The van der Waals surface area contributed by atoms with E-state index in [4.69, 9.17) is 0 Å². The molecule has 0 unspecified atom stereocenters. The molecule has 130 valence electrons. The smallest absolute Gasteiger partial charge is 0.157 e. The van der Waals surface area contributed by atoms with Gasteiger partial charge in [0.1, 0.15) is 0 Å². The van der Waals surface area contributed by atoms with E-state index in [1.165, 1.54) is 18.1 Å². The first-order chi connectivity index (χ1) is 11.8. The molecule has 0 atom stereocenters. The highest BCUT2D eigenvalue weighted by atomic mass is 16.3. The van der Waals surface area contributed by atoms with Gasteiger partial charge < -0.3 is 20.8 Å². The molecule has 2 aromatic rings. The fraction of sp³-hybridized carbons (Fsp3) is 0.400. The maximum Gasteiger partial charge on any atom is 0.157 e. The lowest BCUT2D eigenvalue weighted by atomic mass is 10.1. The molecule has 4 heteroatoms. The van der Waals surface area contributed by atoms with Crippen molar-refractivity contribution < 1.29 is 10.2 Å². The van der Waals surface area contributed by atoms with Crippen LogP contribution in [-0.2, 0) is 12.8 Å². The largest absolute Gasteiger partial charge is 0.504 e. The SMILES string of the molecule is Oc1ccc(CCNCCCCNCCc2ccccc2)cc1O. The van der Waals surface area contributed by atoms with E-state index < -0.39 is 0 Å². The summed E-state index contributed by atoms with van der Waals surface area (Å²) in [6.07, 6.45) is 4.25. The molecule has 0 saturated heterocycles. The Morgan fingerprint density at radius 3 is 1.88 bits per heavy atom. The molecule has 2 rings (SSSR count). The molecular weight excluding hydrogens is 300 g/mol. The number of aromatic hydroxyl groups is 2. The van der Waals surface area contributed by atoms with Gasteiger partial charge in [0.05, 0.1) is 0 Å². The quantitative estimate of drug-likeness (QED) is 0.378. The number of unbranched alkanes of at least 4 members (excludes halogenated alkanes) is 1. The second-order valence-corrected chi connectivity index (χ2v) is 6.02. The van der Waals surface area contributed by atoms with Crippen LogP contribution in [-0.4, -0.2) is 36.4 Å². The van der Waals surface area contributed by atoms with Gasteiger partial charge in [-0.05, 0) is 75.1 Å². The van der Waals surface area contributed by atoms with Crippen LogP contribution in [0.5, 0.6) is 11.5 Å². The van der Waals surface area contributed by atoms with Crippen LogP contribution in [0.15, 0.2) is 48.5 Å². The van der Waals surface area contributed by atoms with Crippen LogP contribution in [0.3, 0.4) is 0 Å². The highest BCUT2D eigenvalue weighted by Crippen LogP contribution is 2.24. The van der Waals surface area contributed by atoms with Crippen molar-refractivity contribution in [3.8, 4) is 11.5 Å². The molecule has 0 aliphatic carbocycles. The van der Waals surface area contributed by atoms with Crippen LogP contribution in [0.2, 0.25) is 0 Å². The molecule has 24 heavy (non-hydrogen) atoms. The summed E-state index contributed by atoms with van der Waals surface area (Å²) in [6, 6.07) is 15.5. The van der Waals surface area contributed by atoms with Crippen LogP contribution in [0.4, 0.5) is 0 Å². The van der Waals surface area contributed by atoms with E-state index in [2.05, 4.69) is 34.9 Å². The Hall–Kier alpha value is -2.04. The van der Waals surface area contributed by atoms with Crippen molar-refractivity contribution in [2.75, 3.05) is 26.2 Å². The van der Waals surface area contributed by atoms with E-state index in [9.17, 15) is 10.2 Å². The lowest BCUT2D eigenvalue weighted by molar-refractivity contribution is 0.403. The van der Waals surface area contributed by atoms with E-state index in [0.717, 1.165) is 51.0 Å². The Morgan fingerprint density at radius 1 is 0.625 bits per heavy atom. The van der Waals surface area contributed by atoms with Gasteiger partial charge in [0.15, 0.2) is 11.5 Å². The molecule has 0 bridgehead atoms. The van der Waals surface area contributed by atoms with Crippen molar-refractivity contribution in [3.05, 3.63) is 59.7 Å². The minimum atomic E-state index is -0.0635. The van der Waals surface area contributed by atoms with E-state index in [1.54, 1.807) is 6.07 Å². The third-order valence-electron chi connectivity index (χ3n) is 4.02. The van der Waals surface area contributed by atoms with Gasteiger partial charge >= 0.3 is 0 Å². The molecule has 0 saturated carbocycles. The number of benzene rings is 2. The molecule has 2 aromatic carbocycles. The first kappa shape index (κ1) is 18.3. The Kier molecular flexibility index (Phi) is 8.15. The fourth-order valence-electron chi connectivity index (χ4n) is 2.58. The summed E-state index contributed by atoms with van der Waals surface area (Å²) in [5.74, 6) is -0.111. The molecule has 0 amide bonds. The molecule has 0 aliphatic rings. The number of rotatable bonds is 11. The molecule has 0 heterocycles. The summed E-state index contributed by atoms with van der Waals surface area (Å²) in [4.78, 5) is 0. The first-order valence-electron chi connectivity index (χ1n) is 8.72. The first-order valence-corrected chi connectivity index (χ1v) is 8.72. The van der Waals surface area contributed by atoms with Crippen LogP contribution < -0.4 is 10.6 Å². The van der Waals surface area contributed by atoms with Gasteiger partial charge in [-0.1, -0.05) is 36.4 Å². The number of phenolic OH excluding ortho intramolecular Hbond substituents is 2. The zero-order valence-corrected chi connectivity index (χ0v) is 14.2. The van der Waals surface area contributed by atoms with E-state index in [-0.39, 0.29) is 11.5 Å². The number of nitrogens with one attached hydrogen (secondary N) is 2. The van der Waals surface area contributed by atoms with Gasteiger partial charge in [-0.2, -0.15) is 0 Å². The van der Waals surface area contributed by atoms with Gasteiger partial charge in [-0.25, -0.2) is 0 Å². The second kappa shape index (κ2) is 10.7. The average Bonchev–Trinajstić information content (AvgIpc) is 2.60. The summed E-state index contributed by atoms with van der Waals surface area (Å²) < 4.78 is 0. The van der Waals surface area contributed by atoms with Gasteiger partial charge in [-0.3, -0.25) is 0 Å². The topological polar surface area (TPSA) is 64.5 Å². The summed E-state index contributed by atoms with van der Waals surface area (Å²) in [6.45, 7) is 3.97. The normalized spacial score (nSPS) is 10.8. The van der Waals surface area contributed by atoms with Crippen molar-refractivity contribution in [1.29, 1.82) is 0 Å². The predicted molar refractivity (Wildman–Crippen MR) is 98.6 cm³/mol. The van der Waals surface area contributed by atoms with Gasteiger partial charge in [-0.15, -0.1) is 0 Å². The Morgan fingerprint density at radius 2 is 1.25 bits per heavy atom. The lowest BCUT2D eigenvalue weighted by Gasteiger charge is -2.07. The van der Waals surface area contributed by atoms with Crippen molar-refractivity contribution >= 4 is 0 Å². The summed E-state index contributed by atoms with van der Waals surface area (Å²) in [7, 11) is 0. The minimum absolute atomic E-state index is 0.0472. The highest BCUT2D eigenvalue weighted by Gasteiger charge is 2.00. The maximum absolute atomic E-state index is 9.44.